The minimum Gasteiger partial charge on any atom is -0.497 e. The molecule has 3 aromatic rings. The zero-order valence-corrected chi connectivity index (χ0v) is 15.4. The fourth-order valence-electron chi connectivity index (χ4n) is 3.26. The fraction of sp³-hybridized carbons (Fsp3) is 0.130. The third kappa shape index (κ3) is 3.47. The van der Waals surface area contributed by atoms with Crippen LogP contribution in [0.5, 0.6) is 11.5 Å². The minimum absolute atomic E-state index is 0.0942. The molecule has 0 aromatic heterocycles. The lowest BCUT2D eigenvalue weighted by Crippen LogP contribution is -2.33. The van der Waals surface area contributed by atoms with Crippen LogP contribution in [0, 0.1) is 0 Å². The first kappa shape index (κ1) is 17.0. The molecule has 1 heterocycles. The van der Waals surface area contributed by atoms with Crippen molar-refractivity contribution < 1.29 is 9.47 Å². The molecule has 0 radical (unpaired) electrons. The van der Waals surface area contributed by atoms with Crippen LogP contribution in [-0.4, -0.2) is 14.2 Å². The molecule has 0 saturated carbocycles. The second kappa shape index (κ2) is 7.46. The molecule has 0 spiro atoms. The molecule has 0 saturated heterocycles. The predicted octanol–water partition coefficient (Wildman–Crippen LogP) is 4.81. The number of methoxy groups -OCH3 is 2. The summed E-state index contributed by atoms with van der Waals surface area (Å²) in [5.74, 6) is 1.70. The lowest BCUT2D eigenvalue weighted by Gasteiger charge is -2.27. The Morgan fingerprint density at radius 1 is 0.741 bits per heavy atom. The van der Waals surface area contributed by atoms with Crippen molar-refractivity contribution in [3.63, 3.8) is 0 Å². The van der Waals surface area contributed by atoms with Gasteiger partial charge in [-0.05, 0) is 65.7 Å². The van der Waals surface area contributed by atoms with Crippen LogP contribution in [0.2, 0.25) is 0 Å². The largest absolute Gasteiger partial charge is 0.497 e. The van der Waals surface area contributed by atoms with Gasteiger partial charge in [-0.2, -0.15) is 0 Å². The van der Waals surface area contributed by atoms with Crippen LogP contribution in [-0.2, 0) is 0 Å². The van der Waals surface area contributed by atoms with E-state index in [1.807, 2.05) is 30.3 Å². The first-order valence-corrected chi connectivity index (χ1v) is 8.89. The summed E-state index contributed by atoms with van der Waals surface area (Å²) < 4.78 is 10.6. The van der Waals surface area contributed by atoms with E-state index in [0.29, 0.717) is 0 Å². The zero-order valence-electron chi connectivity index (χ0n) is 15.4. The fourth-order valence-corrected chi connectivity index (χ4v) is 3.26. The van der Waals surface area contributed by atoms with E-state index in [2.05, 4.69) is 65.0 Å². The summed E-state index contributed by atoms with van der Waals surface area (Å²) >= 11 is 0. The lowest BCUT2D eigenvalue weighted by molar-refractivity contribution is 0.414. The first-order chi connectivity index (χ1) is 13.3. The number of nitrogens with zero attached hydrogens (tertiary/aromatic N) is 1. The number of benzene rings is 3. The minimum atomic E-state index is 0.0942. The summed E-state index contributed by atoms with van der Waals surface area (Å²) in [6.45, 7) is 0. The Balaban J connectivity index is 1.69. The third-order valence-corrected chi connectivity index (χ3v) is 4.74. The monoisotopic (exact) mass is 358 g/mol. The summed E-state index contributed by atoms with van der Waals surface area (Å²) in [6.07, 6.45) is 2.25. The molecule has 4 rings (SSSR count). The average Bonchev–Trinajstić information content (AvgIpc) is 3.20. The molecule has 1 aliphatic rings. The Morgan fingerprint density at radius 2 is 1.33 bits per heavy atom. The standard InChI is InChI=1S/C23H22N2O2/c1-26-20-12-8-17(9-13-20)22-16-23(18-6-4-3-5-7-18)25(24-22)19-10-14-21(27-2)15-11-19/h3-16,23-24H,1-2H3. The van der Waals surface area contributed by atoms with Gasteiger partial charge in [0.1, 0.15) is 11.5 Å². The van der Waals surface area contributed by atoms with Gasteiger partial charge in [0, 0.05) is 0 Å². The van der Waals surface area contributed by atoms with E-state index < -0.39 is 0 Å². The molecule has 0 amide bonds. The highest BCUT2D eigenvalue weighted by atomic mass is 16.5. The Morgan fingerprint density at radius 3 is 1.93 bits per heavy atom. The molecule has 136 valence electrons. The van der Waals surface area contributed by atoms with Gasteiger partial charge in [0.15, 0.2) is 0 Å². The average molecular weight is 358 g/mol. The summed E-state index contributed by atoms with van der Waals surface area (Å²) in [7, 11) is 3.36. The van der Waals surface area contributed by atoms with Gasteiger partial charge in [-0.25, -0.2) is 0 Å². The van der Waals surface area contributed by atoms with E-state index in [-0.39, 0.29) is 6.04 Å². The second-order valence-electron chi connectivity index (χ2n) is 6.34. The van der Waals surface area contributed by atoms with Crippen LogP contribution in [0.3, 0.4) is 0 Å². The molecule has 1 unspecified atom stereocenters. The summed E-state index contributed by atoms with van der Waals surface area (Å²) in [5.41, 5.74) is 8.05. The Kier molecular flexibility index (Phi) is 4.71. The molecular weight excluding hydrogens is 336 g/mol. The number of nitrogens with one attached hydrogen (secondary N) is 1. The SMILES string of the molecule is COc1ccc(C2=CC(c3ccccc3)N(c3ccc(OC)cc3)N2)cc1. The summed E-state index contributed by atoms with van der Waals surface area (Å²) in [5, 5.41) is 2.17. The Labute approximate surface area is 159 Å². The molecule has 27 heavy (non-hydrogen) atoms. The molecule has 1 N–H and O–H groups in total. The maximum Gasteiger partial charge on any atom is 0.119 e. The molecule has 1 atom stereocenters. The van der Waals surface area contributed by atoms with Gasteiger partial charge in [-0.1, -0.05) is 30.3 Å². The van der Waals surface area contributed by atoms with Crippen LogP contribution in [0.25, 0.3) is 5.70 Å². The molecule has 1 aliphatic heterocycles. The summed E-state index contributed by atoms with van der Waals surface area (Å²) in [4.78, 5) is 0. The van der Waals surface area contributed by atoms with Crippen LogP contribution < -0.4 is 19.9 Å². The molecule has 4 nitrogen and oxygen atoms in total. The molecule has 4 heteroatoms. The number of hydrogen-bond acceptors (Lipinski definition) is 4. The maximum absolute atomic E-state index is 5.29. The van der Waals surface area contributed by atoms with E-state index in [4.69, 9.17) is 9.47 Å². The number of rotatable bonds is 5. The number of hydrazine groups is 1. The van der Waals surface area contributed by atoms with Crippen LogP contribution in [0.4, 0.5) is 5.69 Å². The van der Waals surface area contributed by atoms with Gasteiger partial charge in [0.2, 0.25) is 0 Å². The highest BCUT2D eigenvalue weighted by Gasteiger charge is 2.27. The van der Waals surface area contributed by atoms with Crippen molar-refractivity contribution in [1.82, 2.24) is 5.43 Å². The normalized spacial score (nSPS) is 15.9. The number of anilines is 1. The van der Waals surface area contributed by atoms with E-state index in [1.165, 1.54) is 5.56 Å². The highest BCUT2D eigenvalue weighted by molar-refractivity contribution is 5.72. The van der Waals surface area contributed by atoms with Crippen molar-refractivity contribution in [1.29, 1.82) is 0 Å². The van der Waals surface area contributed by atoms with E-state index in [0.717, 1.165) is 28.4 Å². The highest BCUT2D eigenvalue weighted by Crippen LogP contribution is 2.35. The topological polar surface area (TPSA) is 33.7 Å². The molecule has 3 aromatic carbocycles. The van der Waals surface area contributed by atoms with Crippen molar-refractivity contribution in [2.45, 2.75) is 6.04 Å². The maximum atomic E-state index is 5.29. The number of ether oxygens (including phenoxy) is 2. The summed E-state index contributed by atoms with van der Waals surface area (Å²) in [6, 6.07) is 26.7. The van der Waals surface area contributed by atoms with Crippen LogP contribution in [0.1, 0.15) is 17.2 Å². The predicted molar refractivity (Wildman–Crippen MR) is 109 cm³/mol. The molecular formula is C23H22N2O2. The van der Waals surface area contributed by atoms with Crippen molar-refractivity contribution >= 4 is 11.4 Å². The molecule has 0 aliphatic carbocycles. The number of hydrogen-bond donors (Lipinski definition) is 1. The molecule has 0 bridgehead atoms. The third-order valence-electron chi connectivity index (χ3n) is 4.74. The van der Waals surface area contributed by atoms with E-state index in [1.54, 1.807) is 14.2 Å². The lowest BCUT2D eigenvalue weighted by atomic mass is 10.0. The molecule has 0 fully saturated rings. The second-order valence-corrected chi connectivity index (χ2v) is 6.34. The van der Waals surface area contributed by atoms with Crippen molar-refractivity contribution in [2.75, 3.05) is 19.2 Å². The quantitative estimate of drug-likeness (QED) is 0.710. The van der Waals surface area contributed by atoms with E-state index >= 15 is 0 Å². The van der Waals surface area contributed by atoms with Gasteiger partial charge >= 0.3 is 0 Å². The van der Waals surface area contributed by atoms with Crippen molar-refractivity contribution in [3.8, 4) is 11.5 Å². The Hall–Kier alpha value is -3.40. The van der Waals surface area contributed by atoms with E-state index in [9.17, 15) is 0 Å². The van der Waals surface area contributed by atoms with Gasteiger partial charge in [-0.3, -0.25) is 10.4 Å². The van der Waals surface area contributed by atoms with Crippen LogP contribution >= 0.6 is 0 Å². The van der Waals surface area contributed by atoms with Gasteiger partial charge in [0.25, 0.3) is 0 Å². The zero-order chi connectivity index (χ0) is 18.6. The van der Waals surface area contributed by atoms with Crippen molar-refractivity contribution in [3.05, 3.63) is 96.1 Å². The van der Waals surface area contributed by atoms with Crippen molar-refractivity contribution in [2.24, 2.45) is 0 Å². The van der Waals surface area contributed by atoms with Crippen LogP contribution in [0.15, 0.2) is 84.9 Å². The Bertz CT molecular complexity index is 919. The van der Waals surface area contributed by atoms with Gasteiger partial charge < -0.3 is 9.47 Å². The smallest absolute Gasteiger partial charge is 0.119 e. The first-order valence-electron chi connectivity index (χ1n) is 8.89. The van der Waals surface area contributed by atoms with Gasteiger partial charge in [0.05, 0.1) is 31.6 Å². The van der Waals surface area contributed by atoms with Gasteiger partial charge in [-0.15, -0.1) is 0 Å².